The highest BCUT2D eigenvalue weighted by molar-refractivity contribution is 7.19. The van der Waals surface area contributed by atoms with Crippen LogP contribution in [0.2, 0.25) is 0 Å². The number of thiophene rings is 1. The summed E-state index contributed by atoms with van der Waals surface area (Å²) in [6, 6.07) is 24.6. The maximum atomic E-state index is 2.33. The van der Waals surface area contributed by atoms with Crippen molar-refractivity contribution in [3.05, 3.63) is 71.6 Å². The van der Waals surface area contributed by atoms with Gasteiger partial charge in [-0.2, -0.15) is 0 Å². The molecule has 0 radical (unpaired) electrons. The van der Waals surface area contributed by atoms with Crippen molar-refractivity contribution in [2.45, 2.75) is 6.92 Å². The minimum atomic E-state index is 1.31. The molecular weight excluding hydrogens is 284 g/mol. The Bertz CT molecular complexity index is 1180. The third-order valence-corrected chi connectivity index (χ3v) is 5.52. The lowest BCUT2D eigenvalue weighted by molar-refractivity contribution is 1.66. The molecular formula is C21H14S. The van der Waals surface area contributed by atoms with E-state index < -0.39 is 0 Å². The van der Waals surface area contributed by atoms with Gasteiger partial charge in [0.05, 0.1) is 0 Å². The van der Waals surface area contributed by atoms with E-state index in [1.807, 2.05) is 11.3 Å². The molecule has 5 rings (SSSR count). The minimum Gasteiger partial charge on any atom is -0.141 e. The second kappa shape index (κ2) is 4.31. The Kier molecular flexibility index (Phi) is 2.39. The van der Waals surface area contributed by atoms with Gasteiger partial charge in [0.2, 0.25) is 0 Å². The van der Waals surface area contributed by atoms with Gasteiger partial charge < -0.3 is 0 Å². The minimum absolute atomic E-state index is 1.31. The molecule has 4 aromatic carbocycles. The molecule has 0 fully saturated rings. The van der Waals surface area contributed by atoms with Crippen LogP contribution in [0.15, 0.2) is 66.7 Å². The van der Waals surface area contributed by atoms with Crippen LogP contribution in [0.3, 0.4) is 0 Å². The number of hydrogen-bond donors (Lipinski definition) is 0. The number of benzene rings is 4. The van der Waals surface area contributed by atoms with Crippen molar-refractivity contribution in [3.63, 3.8) is 0 Å². The first kappa shape index (κ1) is 12.2. The van der Waals surface area contributed by atoms with Gasteiger partial charge in [-0.1, -0.05) is 42.5 Å². The van der Waals surface area contributed by atoms with Gasteiger partial charge in [-0.25, -0.2) is 0 Å². The fraction of sp³-hybridized carbons (Fsp3) is 0.0476. The normalized spacial score (nSPS) is 11.9. The Hall–Kier alpha value is -2.38. The maximum absolute atomic E-state index is 2.33. The lowest BCUT2D eigenvalue weighted by atomic mass is 9.97. The molecule has 0 amide bonds. The van der Waals surface area contributed by atoms with Crippen LogP contribution in [0.4, 0.5) is 0 Å². The average Bonchev–Trinajstić information content (AvgIpc) is 2.93. The molecule has 5 aromatic rings. The van der Waals surface area contributed by atoms with Crippen LogP contribution in [-0.2, 0) is 0 Å². The van der Waals surface area contributed by atoms with E-state index >= 15 is 0 Å². The zero-order valence-electron chi connectivity index (χ0n) is 12.3. The Morgan fingerprint density at radius 3 is 2.18 bits per heavy atom. The summed E-state index contributed by atoms with van der Waals surface area (Å²) in [6.45, 7) is 2.19. The average molecular weight is 298 g/mol. The SMILES string of the molecule is Cc1cc2c(ccc3c4cc5ccccc5cc4ccc23)s1. The first-order valence-electron chi connectivity index (χ1n) is 7.54. The van der Waals surface area contributed by atoms with Crippen LogP contribution < -0.4 is 0 Å². The third kappa shape index (κ3) is 1.63. The van der Waals surface area contributed by atoms with E-state index in [1.54, 1.807) is 0 Å². The maximum Gasteiger partial charge on any atom is 0.0352 e. The van der Waals surface area contributed by atoms with Gasteiger partial charge in [-0.05, 0) is 63.5 Å². The largest absolute Gasteiger partial charge is 0.141 e. The van der Waals surface area contributed by atoms with Gasteiger partial charge in [-0.3, -0.25) is 0 Å². The number of hydrogen-bond acceptors (Lipinski definition) is 1. The molecule has 0 aliphatic carbocycles. The molecule has 0 saturated heterocycles. The smallest absolute Gasteiger partial charge is 0.0352 e. The molecule has 1 heteroatoms. The Labute approximate surface area is 132 Å². The van der Waals surface area contributed by atoms with Crippen molar-refractivity contribution in [2.24, 2.45) is 0 Å². The van der Waals surface area contributed by atoms with E-state index in [-0.39, 0.29) is 0 Å². The van der Waals surface area contributed by atoms with Crippen molar-refractivity contribution in [1.29, 1.82) is 0 Å². The van der Waals surface area contributed by atoms with Crippen molar-refractivity contribution >= 4 is 53.7 Å². The van der Waals surface area contributed by atoms with Crippen molar-refractivity contribution in [3.8, 4) is 0 Å². The molecule has 0 aliphatic rings. The molecule has 0 aliphatic heterocycles. The fourth-order valence-electron chi connectivity index (χ4n) is 3.48. The van der Waals surface area contributed by atoms with Crippen molar-refractivity contribution in [1.82, 2.24) is 0 Å². The molecule has 0 spiro atoms. The van der Waals surface area contributed by atoms with Gasteiger partial charge in [0.25, 0.3) is 0 Å². The van der Waals surface area contributed by atoms with E-state index in [0.717, 1.165) is 0 Å². The summed E-state index contributed by atoms with van der Waals surface area (Å²) in [6.07, 6.45) is 0. The zero-order valence-corrected chi connectivity index (χ0v) is 13.1. The van der Waals surface area contributed by atoms with Crippen LogP contribution in [-0.4, -0.2) is 0 Å². The van der Waals surface area contributed by atoms with E-state index in [1.165, 1.54) is 47.3 Å². The molecule has 1 heterocycles. The quantitative estimate of drug-likeness (QED) is 0.221. The summed E-state index contributed by atoms with van der Waals surface area (Å²) in [5.41, 5.74) is 0. The summed E-state index contributed by atoms with van der Waals surface area (Å²) in [5.74, 6) is 0. The third-order valence-electron chi connectivity index (χ3n) is 4.50. The first-order valence-corrected chi connectivity index (χ1v) is 8.36. The Morgan fingerprint density at radius 1 is 0.591 bits per heavy atom. The van der Waals surface area contributed by atoms with Crippen molar-refractivity contribution < 1.29 is 0 Å². The first-order chi connectivity index (χ1) is 10.8. The predicted octanol–water partition coefficient (Wildman–Crippen LogP) is 6.67. The number of rotatable bonds is 0. The monoisotopic (exact) mass is 298 g/mol. The summed E-state index contributed by atoms with van der Waals surface area (Å²) >= 11 is 1.87. The zero-order chi connectivity index (χ0) is 14.7. The van der Waals surface area contributed by atoms with Gasteiger partial charge in [0.1, 0.15) is 0 Å². The Balaban J connectivity index is 2.01. The number of aryl methyl sites for hydroxylation is 1. The topological polar surface area (TPSA) is 0 Å². The van der Waals surface area contributed by atoms with Gasteiger partial charge in [-0.15, -0.1) is 11.3 Å². The molecule has 0 unspecified atom stereocenters. The fourth-order valence-corrected chi connectivity index (χ4v) is 4.42. The van der Waals surface area contributed by atoms with E-state index in [9.17, 15) is 0 Å². The molecule has 0 nitrogen and oxygen atoms in total. The van der Waals surface area contributed by atoms with Crippen LogP contribution in [0.5, 0.6) is 0 Å². The predicted molar refractivity (Wildman–Crippen MR) is 99.1 cm³/mol. The van der Waals surface area contributed by atoms with Crippen LogP contribution in [0.1, 0.15) is 4.88 Å². The van der Waals surface area contributed by atoms with E-state index in [2.05, 4.69) is 73.7 Å². The van der Waals surface area contributed by atoms with Crippen LogP contribution >= 0.6 is 11.3 Å². The highest BCUT2D eigenvalue weighted by Gasteiger charge is 2.07. The summed E-state index contributed by atoms with van der Waals surface area (Å²) in [4.78, 5) is 1.38. The highest BCUT2D eigenvalue weighted by Crippen LogP contribution is 2.36. The van der Waals surface area contributed by atoms with Gasteiger partial charge in [0, 0.05) is 15.0 Å². The Morgan fingerprint density at radius 2 is 1.32 bits per heavy atom. The molecule has 0 atom stereocenters. The molecule has 1 aromatic heterocycles. The second-order valence-electron chi connectivity index (χ2n) is 5.92. The second-order valence-corrected chi connectivity index (χ2v) is 7.20. The van der Waals surface area contributed by atoms with Crippen LogP contribution in [0.25, 0.3) is 42.4 Å². The van der Waals surface area contributed by atoms with E-state index in [0.29, 0.717) is 0 Å². The molecule has 22 heavy (non-hydrogen) atoms. The lowest BCUT2D eigenvalue weighted by Crippen LogP contribution is -1.80. The standard InChI is InChI=1S/C21H14S/c1-13-10-20-18-7-6-16-11-14-4-2-3-5-15(14)12-19(16)17(18)8-9-21(20)22-13/h2-12H,1H3. The summed E-state index contributed by atoms with van der Waals surface area (Å²) < 4.78 is 1.38. The molecule has 104 valence electrons. The molecule has 0 bridgehead atoms. The molecule has 0 N–H and O–H groups in total. The number of fused-ring (bicyclic) bond motifs is 6. The highest BCUT2D eigenvalue weighted by atomic mass is 32.1. The summed E-state index contributed by atoms with van der Waals surface area (Å²) in [7, 11) is 0. The van der Waals surface area contributed by atoms with E-state index in [4.69, 9.17) is 0 Å². The van der Waals surface area contributed by atoms with Gasteiger partial charge >= 0.3 is 0 Å². The summed E-state index contributed by atoms with van der Waals surface area (Å²) in [5, 5.41) is 9.39. The van der Waals surface area contributed by atoms with Crippen molar-refractivity contribution in [2.75, 3.05) is 0 Å². The molecule has 0 saturated carbocycles. The van der Waals surface area contributed by atoms with Crippen LogP contribution in [0, 0.1) is 6.92 Å². The van der Waals surface area contributed by atoms with Gasteiger partial charge in [0.15, 0.2) is 0 Å². The lowest BCUT2D eigenvalue weighted by Gasteiger charge is -2.07.